The minimum absolute atomic E-state index is 0. The number of halogens is 4. The lowest BCUT2D eigenvalue weighted by atomic mass is 10.0. The Morgan fingerprint density at radius 1 is 1.16 bits per heavy atom. The van der Waals surface area contributed by atoms with Gasteiger partial charge < -0.3 is 4.57 Å². The normalized spacial score (nSPS) is 14.9. The van der Waals surface area contributed by atoms with E-state index in [-0.39, 0.29) is 28.1 Å². The fraction of sp³-hybridized carbons (Fsp3) is 0.353. The van der Waals surface area contributed by atoms with Crippen LogP contribution in [0.1, 0.15) is 42.0 Å². The van der Waals surface area contributed by atoms with Gasteiger partial charge in [-0.2, -0.15) is 18.4 Å². The minimum Gasteiger partial charge on any atom is -0.310 e. The first-order valence-corrected chi connectivity index (χ1v) is 7.71. The number of benzene rings is 1. The van der Waals surface area contributed by atoms with Gasteiger partial charge in [0.1, 0.15) is 11.9 Å². The summed E-state index contributed by atoms with van der Waals surface area (Å²) in [5.74, 6) is 1.12. The van der Waals surface area contributed by atoms with E-state index in [0.717, 1.165) is 37.6 Å². The van der Waals surface area contributed by atoms with Crippen LogP contribution in [0.4, 0.5) is 13.2 Å². The highest BCUT2D eigenvalue weighted by molar-refractivity contribution is 8.93. The van der Waals surface area contributed by atoms with Gasteiger partial charge in [-0.3, -0.25) is 0 Å². The Hall–Kier alpha value is -2.14. The molecule has 4 nitrogen and oxygen atoms in total. The zero-order chi connectivity index (χ0) is 17.2. The van der Waals surface area contributed by atoms with Crippen molar-refractivity contribution in [3.05, 3.63) is 47.0 Å². The molecule has 0 spiro atoms. The third-order valence-electron chi connectivity index (χ3n) is 4.04. The van der Waals surface area contributed by atoms with Crippen LogP contribution in [0.25, 0.3) is 11.6 Å². The highest BCUT2D eigenvalue weighted by Gasteiger charge is 2.32. The second-order valence-electron chi connectivity index (χ2n) is 5.66. The Bertz CT molecular complexity index is 818. The van der Waals surface area contributed by atoms with Gasteiger partial charge in [-0.25, -0.2) is 0 Å². The number of aryl methyl sites for hydroxylation is 1. The molecule has 2 heterocycles. The number of fused-ring (bicyclic) bond motifs is 1. The second kappa shape index (κ2) is 7.83. The van der Waals surface area contributed by atoms with Crippen LogP contribution in [-0.4, -0.2) is 14.8 Å². The van der Waals surface area contributed by atoms with Crippen molar-refractivity contribution in [2.45, 2.75) is 38.4 Å². The maximum atomic E-state index is 13.1. The third kappa shape index (κ3) is 4.10. The molecule has 0 radical (unpaired) electrons. The lowest BCUT2D eigenvalue weighted by molar-refractivity contribution is -0.137. The van der Waals surface area contributed by atoms with Gasteiger partial charge >= 0.3 is 6.18 Å². The first-order valence-electron chi connectivity index (χ1n) is 7.71. The summed E-state index contributed by atoms with van der Waals surface area (Å²) >= 11 is 0. The predicted octanol–water partition coefficient (Wildman–Crippen LogP) is 4.67. The van der Waals surface area contributed by atoms with Crippen LogP contribution in [0.15, 0.2) is 24.3 Å². The van der Waals surface area contributed by atoms with Crippen LogP contribution in [0.5, 0.6) is 0 Å². The van der Waals surface area contributed by atoms with Crippen LogP contribution in [-0.2, 0) is 19.1 Å². The molecule has 0 amide bonds. The number of hydrogen-bond acceptors (Lipinski definition) is 3. The number of hydrogen-bond donors (Lipinski definition) is 0. The van der Waals surface area contributed by atoms with Gasteiger partial charge in [-0.1, -0.05) is 24.6 Å². The fourth-order valence-corrected chi connectivity index (χ4v) is 2.87. The molecule has 0 aliphatic carbocycles. The van der Waals surface area contributed by atoms with Crippen LogP contribution >= 0.6 is 17.0 Å². The van der Waals surface area contributed by atoms with E-state index in [1.165, 1.54) is 24.3 Å². The number of allylic oxidation sites excluding steroid dienone is 1. The van der Waals surface area contributed by atoms with Gasteiger partial charge in [-0.05, 0) is 30.5 Å². The van der Waals surface area contributed by atoms with Crippen molar-refractivity contribution in [2.24, 2.45) is 0 Å². The van der Waals surface area contributed by atoms with Gasteiger partial charge in [0.2, 0.25) is 0 Å². The zero-order valence-corrected chi connectivity index (χ0v) is 15.0. The number of rotatable bonds is 2. The molecule has 1 aromatic heterocycles. The Kier molecular flexibility index (Phi) is 6.01. The summed E-state index contributed by atoms with van der Waals surface area (Å²) in [5, 5.41) is 17.6. The zero-order valence-electron chi connectivity index (χ0n) is 13.3. The smallest absolute Gasteiger partial charge is 0.310 e. The molecule has 0 atom stereocenters. The Morgan fingerprint density at radius 2 is 1.92 bits per heavy atom. The van der Waals surface area contributed by atoms with Gasteiger partial charge in [-0.15, -0.1) is 27.2 Å². The van der Waals surface area contributed by atoms with Crippen molar-refractivity contribution in [1.29, 1.82) is 5.26 Å². The number of nitrogens with zero attached hydrogens (tertiary/aromatic N) is 4. The van der Waals surface area contributed by atoms with Crippen LogP contribution < -0.4 is 0 Å². The molecule has 0 fully saturated rings. The standard InChI is InChI=1S/C17H15F3N4.BrH/c18-17(19,20)14-7-4-3-6-12(14)10-13(11-21)16-23-22-15-8-2-1-5-9-24(15)16;/h3-4,6-7,10H,1-2,5,8-9H2;1H/b13-10+;. The summed E-state index contributed by atoms with van der Waals surface area (Å²) in [6.45, 7) is 0.678. The van der Waals surface area contributed by atoms with Crippen LogP contribution in [0, 0.1) is 11.3 Å². The molecule has 0 saturated heterocycles. The first kappa shape index (κ1) is 19.2. The average Bonchev–Trinajstić information content (AvgIpc) is 2.80. The summed E-state index contributed by atoms with van der Waals surface area (Å²) < 4.78 is 41.2. The van der Waals surface area contributed by atoms with E-state index in [2.05, 4.69) is 10.2 Å². The second-order valence-corrected chi connectivity index (χ2v) is 5.66. The molecular formula is C17H16BrF3N4. The molecule has 1 aliphatic heterocycles. The molecule has 0 saturated carbocycles. The molecule has 0 N–H and O–H groups in total. The maximum Gasteiger partial charge on any atom is 0.416 e. The lowest BCUT2D eigenvalue weighted by Gasteiger charge is -2.10. The van der Waals surface area contributed by atoms with Gasteiger partial charge in [0.15, 0.2) is 5.82 Å². The Balaban J connectivity index is 0.00000225. The van der Waals surface area contributed by atoms with Gasteiger partial charge in [0, 0.05) is 13.0 Å². The molecule has 25 heavy (non-hydrogen) atoms. The molecule has 1 aromatic carbocycles. The fourth-order valence-electron chi connectivity index (χ4n) is 2.87. The van der Waals surface area contributed by atoms with E-state index in [4.69, 9.17) is 0 Å². The molecule has 8 heteroatoms. The van der Waals surface area contributed by atoms with Gasteiger partial charge in [0.25, 0.3) is 0 Å². The van der Waals surface area contributed by atoms with Crippen molar-refractivity contribution in [3.63, 3.8) is 0 Å². The highest BCUT2D eigenvalue weighted by Crippen LogP contribution is 2.33. The topological polar surface area (TPSA) is 54.5 Å². The molecule has 0 bridgehead atoms. The van der Waals surface area contributed by atoms with E-state index in [1.54, 1.807) is 0 Å². The van der Waals surface area contributed by atoms with Crippen LogP contribution in [0.3, 0.4) is 0 Å². The summed E-state index contributed by atoms with van der Waals surface area (Å²) in [4.78, 5) is 0. The Labute approximate surface area is 153 Å². The van der Waals surface area contributed by atoms with Crippen molar-refractivity contribution >= 4 is 28.6 Å². The molecule has 0 unspecified atom stereocenters. The lowest BCUT2D eigenvalue weighted by Crippen LogP contribution is -2.08. The van der Waals surface area contributed by atoms with E-state index in [0.29, 0.717) is 12.4 Å². The number of aromatic nitrogens is 3. The molecule has 1 aliphatic rings. The highest BCUT2D eigenvalue weighted by atomic mass is 79.9. The molecule has 3 rings (SSSR count). The minimum atomic E-state index is -4.48. The molecule has 2 aromatic rings. The quantitative estimate of drug-likeness (QED) is 0.673. The Morgan fingerprint density at radius 3 is 2.64 bits per heavy atom. The van der Waals surface area contributed by atoms with E-state index < -0.39 is 11.7 Å². The van der Waals surface area contributed by atoms with Crippen molar-refractivity contribution in [3.8, 4) is 6.07 Å². The number of alkyl halides is 3. The van der Waals surface area contributed by atoms with E-state index in [9.17, 15) is 18.4 Å². The van der Waals surface area contributed by atoms with E-state index >= 15 is 0 Å². The summed E-state index contributed by atoms with van der Waals surface area (Å²) in [7, 11) is 0. The summed E-state index contributed by atoms with van der Waals surface area (Å²) in [6.07, 6.45) is 0.535. The average molecular weight is 413 g/mol. The van der Waals surface area contributed by atoms with Crippen molar-refractivity contribution in [2.75, 3.05) is 0 Å². The maximum absolute atomic E-state index is 13.1. The monoisotopic (exact) mass is 412 g/mol. The van der Waals surface area contributed by atoms with Crippen molar-refractivity contribution < 1.29 is 13.2 Å². The number of nitriles is 1. The first-order chi connectivity index (χ1) is 11.5. The third-order valence-corrected chi connectivity index (χ3v) is 4.04. The predicted molar refractivity (Wildman–Crippen MR) is 92.8 cm³/mol. The summed E-state index contributed by atoms with van der Waals surface area (Å²) in [6, 6.07) is 7.17. The SMILES string of the molecule is Br.N#C/C(=C\c1ccccc1C(F)(F)F)c1nnc2n1CCCCC2. The van der Waals surface area contributed by atoms with Crippen LogP contribution in [0.2, 0.25) is 0 Å². The van der Waals surface area contributed by atoms with E-state index in [1.807, 2.05) is 10.6 Å². The molecular weight excluding hydrogens is 397 g/mol. The largest absolute Gasteiger partial charge is 0.416 e. The molecule has 132 valence electrons. The summed E-state index contributed by atoms with van der Waals surface area (Å²) in [5.41, 5.74) is -0.728. The van der Waals surface area contributed by atoms with Gasteiger partial charge in [0.05, 0.1) is 11.1 Å². The van der Waals surface area contributed by atoms with Crippen molar-refractivity contribution in [1.82, 2.24) is 14.8 Å².